The van der Waals surface area contributed by atoms with Gasteiger partial charge in [0.15, 0.2) is 0 Å². The molecule has 0 aromatic rings. The summed E-state index contributed by atoms with van der Waals surface area (Å²) in [5.74, 6) is 0.706. The zero-order valence-corrected chi connectivity index (χ0v) is 7.31. The number of hydrogen-bond donors (Lipinski definition) is 0. The third-order valence-corrected chi connectivity index (χ3v) is 4.67. The molecular formula is C9H13ClO. The van der Waals surface area contributed by atoms with E-state index in [1.165, 1.54) is 25.7 Å². The van der Waals surface area contributed by atoms with Crippen LogP contribution in [0.5, 0.6) is 0 Å². The summed E-state index contributed by atoms with van der Waals surface area (Å²) in [4.78, 5) is 0. The first-order valence-corrected chi connectivity index (χ1v) is 5.04. The lowest BCUT2D eigenvalue weighted by Gasteiger charge is -2.60. The van der Waals surface area contributed by atoms with E-state index in [9.17, 15) is 0 Å². The van der Waals surface area contributed by atoms with Gasteiger partial charge in [0.25, 0.3) is 0 Å². The topological polar surface area (TPSA) is 9.23 Å². The molecule has 1 saturated heterocycles. The summed E-state index contributed by atoms with van der Waals surface area (Å²) in [6.07, 6.45) is 5.78. The molecule has 1 aliphatic heterocycles. The number of fused-ring (bicyclic) bond motifs is 2. The Kier molecular flexibility index (Phi) is 1.19. The van der Waals surface area contributed by atoms with Crippen molar-refractivity contribution >= 4 is 11.6 Å². The highest BCUT2D eigenvalue weighted by atomic mass is 35.5. The molecular weight excluding hydrogens is 160 g/mol. The number of hydrogen-bond acceptors (Lipinski definition) is 1. The summed E-state index contributed by atoms with van der Waals surface area (Å²) in [6.45, 7) is 0.959. The van der Waals surface area contributed by atoms with Gasteiger partial charge in [0, 0.05) is 23.3 Å². The Balaban J connectivity index is 1.86. The molecule has 2 aliphatic carbocycles. The van der Waals surface area contributed by atoms with Crippen molar-refractivity contribution in [1.29, 1.82) is 0 Å². The van der Waals surface area contributed by atoms with Crippen molar-refractivity contribution in [3.63, 3.8) is 0 Å². The molecule has 0 unspecified atom stereocenters. The summed E-state index contributed by atoms with van der Waals surface area (Å²) in [6, 6.07) is 0. The van der Waals surface area contributed by atoms with Crippen molar-refractivity contribution in [3.8, 4) is 0 Å². The Morgan fingerprint density at radius 2 is 2.18 bits per heavy atom. The monoisotopic (exact) mass is 172 g/mol. The highest BCUT2D eigenvalue weighted by Gasteiger charge is 2.65. The van der Waals surface area contributed by atoms with Crippen molar-refractivity contribution in [1.82, 2.24) is 0 Å². The zero-order valence-electron chi connectivity index (χ0n) is 6.55. The van der Waals surface area contributed by atoms with E-state index in [1.54, 1.807) is 0 Å². The van der Waals surface area contributed by atoms with Crippen LogP contribution in [0.4, 0.5) is 0 Å². The summed E-state index contributed by atoms with van der Waals surface area (Å²) < 4.78 is 5.70. The summed E-state index contributed by atoms with van der Waals surface area (Å²) in [5.41, 5.74) is 0.447. The van der Waals surface area contributed by atoms with Crippen molar-refractivity contribution < 1.29 is 4.74 Å². The Morgan fingerprint density at radius 3 is 2.82 bits per heavy atom. The van der Waals surface area contributed by atoms with Crippen LogP contribution >= 0.6 is 11.6 Å². The van der Waals surface area contributed by atoms with Gasteiger partial charge in [-0.2, -0.15) is 0 Å². The maximum Gasteiger partial charge on any atom is 0.0688 e. The second-order valence-corrected chi connectivity index (χ2v) is 4.70. The second kappa shape index (κ2) is 1.94. The molecule has 2 saturated carbocycles. The summed E-state index contributed by atoms with van der Waals surface area (Å²) >= 11 is 6.33. The van der Waals surface area contributed by atoms with Crippen LogP contribution in [0.2, 0.25) is 0 Å². The van der Waals surface area contributed by atoms with E-state index in [-0.39, 0.29) is 0 Å². The number of rotatable bonds is 0. The normalized spacial score (nSPS) is 51.5. The van der Waals surface area contributed by atoms with E-state index in [4.69, 9.17) is 16.3 Å². The fourth-order valence-electron chi connectivity index (χ4n) is 3.11. The van der Waals surface area contributed by atoms with Gasteiger partial charge in [-0.15, -0.1) is 11.6 Å². The van der Waals surface area contributed by atoms with Crippen LogP contribution in [0.25, 0.3) is 0 Å². The van der Waals surface area contributed by atoms with Crippen molar-refractivity contribution in [2.24, 2.45) is 11.3 Å². The number of ether oxygens (including phenoxy) is 1. The Hall–Kier alpha value is 0.250. The van der Waals surface area contributed by atoms with Gasteiger partial charge in [0.1, 0.15) is 0 Å². The van der Waals surface area contributed by atoms with Crippen LogP contribution in [0.15, 0.2) is 0 Å². The second-order valence-electron chi connectivity index (χ2n) is 4.23. The lowest BCUT2D eigenvalue weighted by Crippen LogP contribution is -2.63. The van der Waals surface area contributed by atoms with Crippen molar-refractivity contribution in [3.05, 3.63) is 0 Å². The van der Waals surface area contributed by atoms with E-state index < -0.39 is 0 Å². The molecule has 62 valence electrons. The quantitative estimate of drug-likeness (QED) is 0.509. The van der Waals surface area contributed by atoms with Crippen molar-refractivity contribution in [2.75, 3.05) is 6.61 Å². The number of alkyl halides is 1. The molecule has 0 radical (unpaired) electrons. The minimum Gasteiger partial charge on any atom is -0.377 e. The largest absolute Gasteiger partial charge is 0.377 e. The van der Waals surface area contributed by atoms with Crippen LogP contribution in [0.1, 0.15) is 25.7 Å². The maximum atomic E-state index is 6.33. The van der Waals surface area contributed by atoms with Gasteiger partial charge in [-0.05, 0) is 19.3 Å². The minimum atomic E-state index is 0.447. The standard InChI is InChI=1S/C9H13ClO/c10-7-6-2-5-11-8(6)9(7)3-1-4-9/h6-8H,1-5H2/t6-,7+,8+/m0/s1. The van der Waals surface area contributed by atoms with E-state index in [1.807, 2.05) is 0 Å². The molecule has 3 aliphatic rings. The molecule has 0 aromatic heterocycles. The first-order chi connectivity index (χ1) is 5.34. The zero-order chi connectivity index (χ0) is 7.47. The van der Waals surface area contributed by atoms with Crippen LogP contribution in [-0.4, -0.2) is 18.1 Å². The molecule has 1 heterocycles. The average Bonchev–Trinajstić information content (AvgIpc) is 2.29. The maximum absolute atomic E-state index is 6.33. The van der Waals surface area contributed by atoms with Gasteiger partial charge in [0.2, 0.25) is 0 Å². The van der Waals surface area contributed by atoms with Crippen LogP contribution in [0, 0.1) is 11.3 Å². The van der Waals surface area contributed by atoms with E-state index >= 15 is 0 Å². The van der Waals surface area contributed by atoms with Gasteiger partial charge >= 0.3 is 0 Å². The Labute approximate surface area is 72.1 Å². The molecule has 3 rings (SSSR count). The smallest absolute Gasteiger partial charge is 0.0688 e. The average molecular weight is 173 g/mol. The molecule has 1 spiro atoms. The number of halogens is 1. The van der Waals surface area contributed by atoms with Gasteiger partial charge in [-0.1, -0.05) is 6.42 Å². The SMILES string of the molecule is Cl[C@@H]1[C@@H]2CCO[C@H]2C12CCC2. The predicted molar refractivity (Wildman–Crippen MR) is 43.8 cm³/mol. The summed E-state index contributed by atoms with van der Waals surface area (Å²) in [5, 5.41) is 0.448. The highest BCUT2D eigenvalue weighted by Crippen LogP contribution is 2.64. The Bertz CT molecular complexity index is 188. The molecule has 1 nitrogen and oxygen atoms in total. The molecule has 3 atom stereocenters. The van der Waals surface area contributed by atoms with E-state index in [2.05, 4.69) is 0 Å². The molecule has 0 amide bonds. The van der Waals surface area contributed by atoms with Gasteiger partial charge in [-0.25, -0.2) is 0 Å². The van der Waals surface area contributed by atoms with Gasteiger partial charge < -0.3 is 4.74 Å². The molecule has 0 bridgehead atoms. The highest BCUT2D eigenvalue weighted by molar-refractivity contribution is 6.22. The van der Waals surface area contributed by atoms with E-state index in [0.29, 0.717) is 22.8 Å². The summed E-state index contributed by atoms with van der Waals surface area (Å²) in [7, 11) is 0. The lowest BCUT2D eigenvalue weighted by atomic mass is 9.49. The van der Waals surface area contributed by atoms with Crippen LogP contribution in [-0.2, 0) is 4.74 Å². The predicted octanol–water partition coefficient (Wildman–Crippen LogP) is 2.18. The van der Waals surface area contributed by atoms with Crippen molar-refractivity contribution in [2.45, 2.75) is 37.2 Å². The Morgan fingerprint density at radius 1 is 1.36 bits per heavy atom. The minimum absolute atomic E-state index is 0.447. The lowest BCUT2D eigenvalue weighted by molar-refractivity contribution is -0.142. The molecule has 11 heavy (non-hydrogen) atoms. The third kappa shape index (κ3) is 0.595. The van der Waals surface area contributed by atoms with E-state index in [0.717, 1.165) is 6.61 Å². The van der Waals surface area contributed by atoms with Gasteiger partial charge in [0.05, 0.1) is 6.10 Å². The first-order valence-electron chi connectivity index (χ1n) is 4.60. The molecule has 3 fully saturated rings. The molecule has 0 aromatic carbocycles. The van der Waals surface area contributed by atoms with Crippen LogP contribution < -0.4 is 0 Å². The molecule has 2 heteroatoms. The molecule has 0 N–H and O–H groups in total. The first kappa shape index (κ1) is 6.73. The third-order valence-electron chi connectivity index (χ3n) is 3.91. The van der Waals surface area contributed by atoms with Crippen LogP contribution in [0.3, 0.4) is 0 Å². The van der Waals surface area contributed by atoms with Gasteiger partial charge in [-0.3, -0.25) is 0 Å². The fourth-order valence-corrected chi connectivity index (χ4v) is 3.71. The fraction of sp³-hybridized carbons (Fsp3) is 1.00.